The molecule has 68 valence electrons. The van der Waals surface area contributed by atoms with Crippen LogP contribution in [0.4, 0.5) is 5.13 Å². The van der Waals surface area contributed by atoms with Crippen molar-refractivity contribution in [3.63, 3.8) is 0 Å². The monoisotopic (exact) mass is 203 g/mol. The average Bonchev–Trinajstić information content (AvgIpc) is 2.34. The van der Waals surface area contributed by atoms with Crippen molar-refractivity contribution in [2.75, 3.05) is 18.5 Å². The summed E-state index contributed by atoms with van der Waals surface area (Å²) in [6.07, 6.45) is 0. The SMILES string of the molecule is CC(C)CN(C)c1n[nH]c(=S)s1. The first-order valence-corrected chi connectivity index (χ1v) is 5.08. The molecule has 0 radical (unpaired) electrons. The van der Waals surface area contributed by atoms with Gasteiger partial charge in [-0.3, -0.25) is 5.10 Å². The molecule has 5 heteroatoms. The van der Waals surface area contributed by atoms with Crippen LogP contribution in [-0.2, 0) is 0 Å². The van der Waals surface area contributed by atoms with Crippen molar-refractivity contribution in [1.82, 2.24) is 10.2 Å². The summed E-state index contributed by atoms with van der Waals surface area (Å²) in [4.78, 5) is 2.11. The number of aromatic nitrogens is 2. The molecule has 0 spiro atoms. The largest absolute Gasteiger partial charge is 0.350 e. The Bertz CT molecular complexity index is 289. The first kappa shape index (κ1) is 9.67. The number of hydrogen-bond donors (Lipinski definition) is 1. The second-order valence-corrected chi connectivity index (χ2v) is 4.81. The molecule has 3 nitrogen and oxygen atoms in total. The maximum Gasteiger partial charge on any atom is 0.206 e. The normalized spacial score (nSPS) is 10.7. The van der Waals surface area contributed by atoms with Crippen LogP contribution in [0.3, 0.4) is 0 Å². The van der Waals surface area contributed by atoms with Gasteiger partial charge in [-0.25, -0.2) is 0 Å². The van der Waals surface area contributed by atoms with Crippen LogP contribution in [0.1, 0.15) is 13.8 Å². The van der Waals surface area contributed by atoms with Crippen molar-refractivity contribution in [3.05, 3.63) is 3.95 Å². The highest BCUT2D eigenvalue weighted by Crippen LogP contribution is 2.16. The lowest BCUT2D eigenvalue weighted by molar-refractivity contribution is 0.636. The molecule has 0 aliphatic heterocycles. The molecule has 0 saturated carbocycles. The fourth-order valence-corrected chi connectivity index (χ4v) is 1.86. The van der Waals surface area contributed by atoms with Crippen LogP contribution in [0.5, 0.6) is 0 Å². The van der Waals surface area contributed by atoms with Gasteiger partial charge < -0.3 is 4.90 Å². The maximum atomic E-state index is 4.94. The van der Waals surface area contributed by atoms with Gasteiger partial charge in [-0.2, -0.15) is 0 Å². The van der Waals surface area contributed by atoms with E-state index in [4.69, 9.17) is 12.2 Å². The first-order valence-electron chi connectivity index (χ1n) is 3.86. The molecule has 1 rings (SSSR count). The van der Waals surface area contributed by atoms with E-state index in [1.54, 1.807) is 0 Å². The Labute approximate surface area is 81.4 Å². The standard InChI is InChI=1S/C7H13N3S2/c1-5(2)4-10(3)6-8-9-7(11)12-6/h5H,4H2,1-3H3,(H,9,11). The summed E-state index contributed by atoms with van der Waals surface area (Å²) >= 11 is 6.45. The van der Waals surface area contributed by atoms with Crippen LogP contribution < -0.4 is 4.90 Å². The summed E-state index contributed by atoms with van der Waals surface area (Å²) in [6, 6.07) is 0. The molecule has 0 aliphatic rings. The lowest BCUT2D eigenvalue weighted by Crippen LogP contribution is -2.22. The Kier molecular flexibility index (Phi) is 3.22. The topological polar surface area (TPSA) is 31.9 Å². The van der Waals surface area contributed by atoms with Crippen molar-refractivity contribution >= 4 is 28.7 Å². The Balaban J connectivity index is 2.65. The average molecular weight is 203 g/mol. The fourth-order valence-electron chi connectivity index (χ4n) is 1.01. The lowest BCUT2D eigenvalue weighted by atomic mass is 10.2. The van der Waals surface area contributed by atoms with E-state index >= 15 is 0 Å². The molecule has 0 saturated heterocycles. The van der Waals surface area contributed by atoms with E-state index in [9.17, 15) is 0 Å². The minimum atomic E-state index is 0.646. The predicted octanol–water partition coefficient (Wildman–Crippen LogP) is 2.29. The number of hydrogen-bond acceptors (Lipinski definition) is 4. The quantitative estimate of drug-likeness (QED) is 0.765. The van der Waals surface area contributed by atoms with Gasteiger partial charge >= 0.3 is 0 Å². The smallest absolute Gasteiger partial charge is 0.206 e. The second kappa shape index (κ2) is 4.00. The highest BCUT2D eigenvalue weighted by atomic mass is 32.1. The molecule has 0 fully saturated rings. The van der Waals surface area contributed by atoms with Crippen LogP contribution in [0.2, 0.25) is 0 Å². The molecule has 1 aromatic heterocycles. The number of aromatic amines is 1. The van der Waals surface area contributed by atoms with Gasteiger partial charge in [0.25, 0.3) is 0 Å². The van der Waals surface area contributed by atoms with E-state index in [0.29, 0.717) is 5.92 Å². The third kappa shape index (κ3) is 2.57. The molecule has 0 amide bonds. The minimum absolute atomic E-state index is 0.646. The lowest BCUT2D eigenvalue weighted by Gasteiger charge is -2.16. The highest BCUT2D eigenvalue weighted by Gasteiger charge is 2.05. The van der Waals surface area contributed by atoms with Gasteiger partial charge in [0.15, 0.2) is 3.95 Å². The second-order valence-electron chi connectivity index (χ2n) is 3.17. The summed E-state index contributed by atoms with van der Waals surface area (Å²) in [5.41, 5.74) is 0. The first-order chi connectivity index (χ1) is 5.59. The zero-order valence-corrected chi connectivity index (χ0v) is 9.13. The molecular formula is C7H13N3S2. The summed E-state index contributed by atoms with van der Waals surface area (Å²) in [6.45, 7) is 5.38. The zero-order chi connectivity index (χ0) is 9.14. The zero-order valence-electron chi connectivity index (χ0n) is 7.50. The fraction of sp³-hybridized carbons (Fsp3) is 0.714. The van der Waals surface area contributed by atoms with Gasteiger partial charge in [-0.15, -0.1) is 5.10 Å². The van der Waals surface area contributed by atoms with E-state index in [1.807, 2.05) is 7.05 Å². The van der Waals surface area contributed by atoms with Crippen LogP contribution in [0.15, 0.2) is 0 Å². The molecule has 1 heterocycles. The molecule has 0 aliphatic carbocycles. The van der Waals surface area contributed by atoms with Crippen molar-refractivity contribution < 1.29 is 0 Å². The van der Waals surface area contributed by atoms with E-state index in [-0.39, 0.29) is 0 Å². The third-order valence-corrected chi connectivity index (χ3v) is 2.60. The third-order valence-electron chi connectivity index (χ3n) is 1.39. The van der Waals surface area contributed by atoms with Gasteiger partial charge in [-0.05, 0) is 18.1 Å². The number of H-pyrrole nitrogens is 1. The van der Waals surface area contributed by atoms with Gasteiger partial charge in [0, 0.05) is 13.6 Å². The van der Waals surface area contributed by atoms with Crippen LogP contribution >= 0.6 is 23.6 Å². The van der Waals surface area contributed by atoms with Crippen molar-refractivity contribution in [2.45, 2.75) is 13.8 Å². The van der Waals surface area contributed by atoms with Crippen molar-refractivity contribution in [2.24, 2.45) is 5.92 Å². The Morgan fingerprint density at radius 2 is 2.33 bits per heavy atom. The van der Waals surface area contributed by atoms with Gasteiger partial charge in [0.2, 0.25) is 5.13 Å². The molecule has 1 aromatic rings. The Hall–Kier alpha value is -0.420. The molecule has 1 N–H and O–H groups in total. The summed E-state index contributed by atoms with van der Waals surface area (Å²) < 4.78 is 0.737. The predicted molar refractivity (Wildman–Crippen MR) is 55.4 cm³/mol. The molecule has 12 heavy (non-hydrogen) atoms. The summed E-state index contributed by atoms with van der Waals surface area (Å²) in [5.74, 6) is 0.646. The van der Waals surface area contributed by atoms with E-state index in [0.717, 1.165) is 15.6 Å². The van der Waals surface area contributed by atoms with Crippen LogP contribution in [0, 0.1) is 9.87 Å². The number of nitrogens with zero attached hydrogens (tertiary/aromatic N) is 2. The highest BCUT2D eigenvalue weighted by molar-refractivity contribution is 7.73. The van der Waals surface area contributed by atoms with Gasteiger partial charge in [0.1, 0.15) is 0 Å². The van der Waals surface area contributed by atoms with Crippen molar-refractivity contribution in [1.29, 1.82) is 0 Å². The maximum absolute atomic E-state index is 4.94. The van der Waals surface area contributed by atoms with E-state index in [2.05, 4.69) is 28.9 Å². The summed E-state index contributed by atoms with van der Waals surface area (Å²) in [5, 5.41) is 7.81. The van der Waals surface area contributed by atoms with Crippen LogP contribution in [-0.4, -0.2) is 23.8 Å². The van der Waals surface area contributed by atoms with E-state index < -0.39 is 0 Å². The van der Waals surface area contributed by atoms with E-state index in [1.165, 1.54) is 11.3 Å². The number of nitrogens with one attached hydrogen (secondary N) is 1. The number of anilines is 1. The molecular weight excluding hydrogens is 190 g/mol. The van der Waals surface area contributed by atoms with Crippen LogP contribution in [0.25, 0.3) is 0 Å². The van der Waals surface area contributed by atoms with Gasteiger partial charge in [0.05, 0.1) is 0 Å². The Morgan fingerprint density at radius 3 is 2.75 bits per heavy atom. The number of rotatable bonds is 3. The van der Waals surface area contributed by atoms with Crippen molar-refractivity contribution in [3.8, 4) is 0 Å². The molecule has 0 aromatic carbocycles. The van der Waals surface area contributed by atoms with Gasteiger partial charge in [-0.1, -0.05) is 25.2 Å². The molecule has 0 unspecified atom stereocenters. The molecule has 0 atom stereocenters. The Morgan fingerprint density at radius 1 is 1.67 bits per heavy atom. The summed E-state index contributed by atoms with van der Waals surface area (Å²) in [7, 11) is 2.03. The molecule has 0 bridgehead atoms. The minimum Gasteiger partial charge on any atom is -0.350 e.